The molecule has 1 aliphatic carbocycles. The maximum atomic E-state index is 12.9. The van der Waals surface area contributed by atoms with Gasteiger partial charge in [-0.1, -0.05) is 38.2 Å². The second-order valence-electron chi connectivity index (χ2n) is 9.18. The van der Waals surface area contributed by atoms with Crippen molar-refractivity contribution in [2.45, 2.75) is 64.0 Å². The van der Waals surface area contributed by atoms with Crippen molar-refractivity contribution in [3.05, 3.63) is 29.3 Å². The van der Waals surface area contributed by atoms with Gasteiger partial charge in [0, 0.05) is 42.9 Å². The van der Waals surface area contributed by atoms with Crippen LogP contribution in [0.1, 0.15) is 67.3 Å². The summed E-state index contributed by atoms with van der Waals surface area (Å²) in [6.45, 7) is 3.52. The number of nitrogens with zero attached hydrogens (tertiary/aromatic N) is 1. The van der Waals surface area contributed by atoms with Crippen molar-refractivity contribution in [2.75, 3.05) is 38.3 Å². The summed E-state index contributed by atoms with van der Waals surface area (Å²) >= 11 is 0. The van der Waals surface area contributed by atoms with Gasteiger partial charge in [0.2, 0.25) is 11.8 Å². The van der Waals surface area contributed by atoms with Crippen molar-refractivity contribution in [2.24, 2.45) is 5.92 Å². The Hall–Kier alpha value is -2.45. The lowest BCUT2D eigenvalue weighted by Gasteiger charge is -2.29. The average molecular weight is 458 g/mol. The van der Waals surface area contributed by atoms with Crippen LogP contribution in [0.25, 0.3) is 0 Å². The molecule has 3 amide bonds. The van der Waals surface area contributed by atoms with Crippen molar-refractivity contribution in [3.8, 4) is 0 Å². The van der Waals surface area contributed by atoms with Crippen LogP contribution >= 0.6 is 0 Å². The molecule has 1 aromatic carbocycles. The highest BCUT2D eigenvalue weighted by molar-refractivity contribution is 6.06. The van der Waals surface area contributed by atoms with Crippen molar-refractivity contribution in [1.82, 2.24) is 10.2 Å². The number of hydrogen-bond donors (Lipinski definition) is 2. The van der Waals surface area contributed by atoms with E-state index in [4.69, 9.17) is 9.47 Å². The van der Waals surface area contributed by atoms with E-state index in [1.54, 1.807) is 11.0 Å². The zero-order valence-electron chi connectivity index (χ0n) is 19.3. The fraction of sp³-hybridized carbons (Fsp3) is 0.640. The average Bonchev–Trinajstić information content (AvgIpc) is 3.15. The number of ether oxygens (including phenoxy) is 2. The van der Waals surface area contributed by atoms with Crippen LogP contribution in [0.2, 0.25) is 0 Å². The minimum absolute atomic E-state index is 0.162. The molecule has 0 spiro atoms. The SMILES string of the molecule is O=C1CCC(N2Cc3c(NCCOCCOCCC4CCCCC4)cccc3C2=O)C(=O)N1. The summed E-state index contributed by atoms with van der Waals surface area (Å²) in [7, 11) is 0. The van der Waals surface area contributed by atoms with Gasteiger partial charge in [-0.2, -0.15) is 0 Å². The van der Waals surface area contributed by atoms with Crippen LogP contribution in [0.4, 0.5) is 5.69 Å². The second-order valence-corrected chi connectivity index (χ2v) is 9.18. The molecular weight excluding hydrogens is 422 g/mol. The number of carbonyl (C=O) groups is 3. The molecule has 0 radical (unpaired) electrons. The van der Waals surface area contributed by atoms with Gasteiger partial charge < -0.3 is 19.7 Å². The third kappa shape index (κ3) is 6.12. The van der Waals surface area contributed by atoms with Gasteiger partial charge in [0.1, 0.15) is 6.04 Å². The lowest BCUT2D eigenvalue weighted by atomic mass is 9.87. The topological polar surface area (TPSA) is 97.0 Å². The Balaban J connectivity index is 1.16. The molecule has 2 fully saturated rings. The van der Waals surface area contributed by atoms with Crippen molar-refractivity contribution in [1.29, 1.82) is 0 Å². The zero-order valence-corrected chi connectivity index (χ0v) is 19.3. The molecule has 1 saturated heterocycles. The first-order valence-corrected chi connectivity index (χ1v) is 12.3. The molecule has 4 rings (SSSR count). The number of imide groups is 1. The molecule has 2 N–H and O–H groups in total. The Morgan fingerprint density at radius 1 is 0.970 bits per heavy atom. The van der Waals surface area contributed by atoms with Crippen LogP contribution in [0.15, 0.2) is 18.2 Å². The maximum Gasteiger partial charge on any atom is 0.255 e. The number of fused-ring (bicyclic) bond motifs is 1. The molecule has 8 heteroatoms. The lowest BCUT2D eigenvalue weighted by Crippen LogP contribution is -2.52. The van der Waals surface area contributed by atoms with E-state index < -0.39 is 11.9 Å². The van der Waals surface area contributed by atoms with E-state index in [0.29, 0.717) is 44.9 Å². The molecule has 1 atom stereocenters. The maximum absolute atomic E-state index is 12.9. The minimum Gasteiger partial charge on any atom is -0.382 e. The monoisotopic (exact) mass is 457 g/mol. The molecule has 2 aliphatic heterocycles. The Morgan fingerprint density at radius 3 is 2.55 bits per heavy atom. The second kappa shape index (κ2) is 11.6. The summed E-state index contributed by atoms with van der Waals surface area (Å²) in [4.78, 5) is 38.1. The van der Waals surface area contributed by atoms with Gasteiger partial charge in [-0.05, 0) is 30.9 Å². The number of hydrogen-bond acceptors (Lipinski definition) is 6. The molecule has 1 saturated carbocycles. The summed E-state index contributed by atoms with van der Waals surface area (Å²) in [6, 6.07) is 4.97. The van der Waals surface area contributed by atoms with Crippen LogP contribution in [-0.4, -0.2) is 61.6 Å². The van der Waals surface area contributed by atoms with E-state index in [0.717, 1.165) is 30.2 Å². The Morgan fingerprint density at radius 2 is 1.76 bits per heavy atom. The lowest BCUT2D eigenvalue weighted by molar-refractivity contribution is -0.136. The molecule has 0 bridgehead atoms. The fourth-order valence-electron chi connectivity index (χ4n) is 5.06. The summed E-state index contributed by atoms with van der Waals surface area (Å²) < 4.78 is 11.4. The van der Waals surface area contributed by atoms with Gasteiger partial charge in [-0.3, -0.25) is 19.7 Å². The van der Waals surface area contributed by atoms with Crippen LogP contribution in [-0.2, 0) is 25.6 Å². The normalized spacial score (nSPS) is 21.3. The molecule has 180 valence electrons. The number of amides is 3. The van der Waals surface area contributed by atoms with Crippen LogP contribution in [0, 0.1) is 5.92 Å². The Kier molecular flexibility index (Phi) is 8.34. The van der Waals surface area contributed by atoms with Gasteiger partial charge in [-0.25, -0.2) is 0 Å². The highest BCUT2D eigenvalue weighted by atomic mass is 16.5. The van der Waals surface area contributed by atoms with Crippen molar-refractivity contribution >= 4 is 23.4 Å². The van der Waals surface area contributed by atoms with Crippen LogP contribution < -0.4 is 10.6 Å². The van der Waals surface area contributed by atoms with Gasteiger partial charge in [0.15, 0.2) is 0 Å². The summed E-state index contributed by atoms with van der Waals surface area (Å²) in [6.07, 6.45) is 8.61. The summed E-state index contributed by atoms with van der Waals surface area (Å²) in [5, 5.41) is 5.69. The van der Waals surface area contributed by atoms with Crippen LogP contribution in [0.5, 0.6) is 0 Å². The van der Waals surface area contributed by atoms with E-state index in [-0.39, 0.29) is 18.2 Å². The minimum atomic E-state index is -0.600. The molecule has 1 unspecified atom stereocenters. The van der Waals surface area contributed by atoms with Gasteiger partial charge in [0.05, 0.1) is 19.8 Å². The van der Waals surface area contributed by atoms with Gasteiger partial charge in [-0.15, -0.1) is 0 Å². The smallest absolute Gasteiger partial charge is 0.255 e. The predicted octanol–water partition coefficient (Wildman–Crippen LogP) is 2.86. The number of benzene rings is 1. The third-order valence-corrected chi connectivity index (χ3v) is 6.91. The molecule has 1 aromatic rings. The Labute approximate surface area is 195 Å². The first-order valence-electron chi connectivity index (χ1n) is 12.3. The zero-order chi connectivity index (χ0) is 23.0. The number of anilines is 1. The van der Waals surface area contributed by atoms with E-state index >= 15 is 0 Å². The van der Waals surface area contributed by atoms with E-state index in [9.17, 15) is 14.4 Å². The fourth-order valence-corrected chi connectivity index (χ4v) is 5.06. The quantitative estimate of drug-likeness (QED) is 0.392. The molecule has 3 aliphatic rings. The standard InChI is InChI=1S/C25H35N3O5/c29-23-10-9-22(24(30)27-23)28-17-20-19(25(28)31)7-4-8-21(20)26-12-14-33-16-15-32-13-11-18-5-2-1-3-6-18/h4,7-8,18,22,26H,1-3,5-6,9-17H2,(H,27,29,30). The van der Waals surface area contributed by atoms with Gasteiger partial charge >= 0.3 is 0 Å². The number of carbonyl (C=O) groups excluding carboxylic acids is 3. The van der Waals surface area contributed by atoms with Crippen molar-refractivity contribution < 1.29 is 23.9 Å². The first-order chi connectivity index (χ1) is 16.1. The molecule has 2 heterocycles. The summed E-state index contributed by atoms with van der Waals surface area (Å²) in [5.41, 5.74) is 2.37. The number of piperidine rings is 1. The summed E-state index contributed by atoms with van der Waals surface area (Å²) in [5.74, 6) is 0.00713. The van der Waals surface area contributed by atoms with E-state index in [2.05, 4.69) is 10.6 Å². The van der Waals surface area contributed by atoms with E-state index in [1.165, 1.54) is 32.1 Å². The third-order valence-electron chi connectivity index (χ3n) is 6.91. The highest BCUT2D eigenvalue weighted by Gasteiger charge is 2.39. The van der Waals surface area contributed by atoms with E-state index in [1.807, 2.05) is 12.1 Å². The predicted molar refractivity (Wildman–Crippen MR) is 124 cm³/mol. The first kappa shape index (κ1) is 23.7. The van der Waals surface area contributed by atoms with Crippen molar-refractivity contribution in [3.63, 3.8) is 0 Å². The largest absolute Gasteiger partial charge is 0.382 e. The molecule has 33 heavy (non-hydrogen) atoms. The molecule has 0 aromatic heterocycles. The number of nitrogens with one attached hydrogen (secondary N) is 2. The number of rotatable bonds is 11. The molecular formula is C25H35N3O5. The van der Waals surface area contributed by atoms with Crippen LogP contribution in [0.3, 0.4) is 0 Å². The molecule has 8 nitrogen and oxygen atoms in total. The Bertz CT molecular complexity index is 852. The van der Waals surface area contributed by atoms with Gasteiger partial charge in [0.25, 0.3) is 5.91 Å². The highest BCUT2D eigenvalue weighted by Crippen LogP contribution is 2.32.